The standard InChI is InChI=1S/C13H14OS/c14-10-11-6-8-13(9-7-11)15-12-4-2-1-3-5-12/h1-4,6-9,12,14H,5,10H2. The van der Waals surface area contributed by atoms with Gasteiger partial charge in [-0.3, -0.25) is 0 Å². The third kappa shape index (κ3) is 2.98. The van der Waals surface area contributed by atoms with Gasteiger partial charge in [-0.2, -0.15) is 0 Å². The van der Waals surface area contributed by atoms with E-state index in [-0.39, 0.29) is 6.61 Å². The molecule has 1 aromatic rings. The van der Waals surface area contributed by atoms with E-state index < -0.39 is 0 Å². The Morgan fingerprint density at radius 2 is 2.00 bits per heavy atom. The van der Waals surface area contributed by atoms with E-state index in [1.807, 2.05) is 23.9 Å². The van der Waals surface area contributed by atoms with Crippen molar-refractivity contribution >= 4 is 11.8 Å². The zero-order chi connectivity index (χ0) is 10.5. The molecule has 0 saturated heterocycles. The summed E-state index contributed by atoms with van der Waals surface area (Å²) >= 11 is 1.86. The molecule has 0 spiro atoms. The molecule has 2 rings (SSSR count). The highest BCUT2D eigenvalue weighted by Gasteiger charge is 2.06. The zero-order valence-corrected chi connectivity index (χ0v) is 9.28. The molecule has 0 aromatic heterocycles. The first-order valence-corrected chi connectivity index (χ1v) is 5.96. The minimum atomic E-state index is 0.122. The lowest BCUT2D eigenvalue weighted by Crippen LogP contribution is -1.98. The predicted octanol–water partition coefficient (Wildman–Crippen LogP) is 3.16. The molecule has 1 N–H and O–H groups in total. The summed E-state index contributed by atoms with van der Waals surface area (Å²) in [4.78, 5) is 1.26. The fraction of sp³-hybridized carbons (Fsp3) is 0.231. The number of allylic oxidation sites excluding steroid dienone is 3. The average molecular weight is 218 g/mol. The molecule has 78 valence electrons. The fourth-order valence-electron chi connectivity index (χ4n) is 1.49. The second-order valence-corrected chi connectivity index (χ2v) is 4.82. The van der Waals surface area contributed by atoms with Crippen molar-refractivity contribution in [2.45, 2.75) is 23.2 Å². The van der Waals surface area contributed by atoms with Crippen LogP contribution in [-0.2, 0) is 6.61 Å². The third-order valence-corrected chi connectivity index (χ3v) is 3.53. The van der Waals surface area contributed by atoms with Gasteiger partial charge in [0.1, 0.15) is 0 Å². The Labute approximate surface area is 94.5 Å². The van der Waals surface area contributed by atoms with Crippen molar-refractivity contribution in [1.82, 2.24) is 0 Å². The quantitative estimate of drug-likeness (QED) is 0.841. The molecule has 2 heteroatoms. The van der Waals surface area contributed by atoms with Crippen molar-refractivity contribution in [3.63, 3.8) is 0 Å². The largest absolute Gasteiger partial charge is 0.392 e. The van der Waals surface area contributed by atoms with Crippen molar-refractivity contribution in [2.75, 3.05) is 0 Å². The molecule has 0 heterocycles. The Morgan fingerprint density at radius 1 is 1.20 bits per heavy atom. The monoisotopic (exact) mass is 218 g/mol. The maximum absolute atomic E-state index is 8.92. The van der Waals surface area contributed by atoms with Crippen LogP contribution in [0.3, 0.4) is 0 Å². The minimum absolute atomic E-state index is 0.122. The third-order valence-electron chi connectivity index (χ3n) is 2.33. The highest BCUT2D eigenvalue weighted by Crippen LogP contribution is 2.28. The molecule has 1 aromatic carbocycles. The summed E-state index contributed by atoms with van der Waals surface area (Å²) in [6.45, 7) is 0.122. The van der Waals surface area contributed by atoms with Crippen LogP contribution in [0.5, 0.6) is 0 Å². The maximum atomic E-state index is 8.92. The van der Waals surface area contributed by atoms with E-state index >= 15 is 0 Å². The molecular formula is C13H14OS. The van der Waals surface area contributed by atoms with Crippen molar-refractivity contribution in [3.05, 3.63) is 54.1 Å². The van der Waals surface area contributed by atoms with Gasteiger partial charge in [-0.05, 0) is 24.1 Å². The van der Waals surface area contributed by atoms with E-state index in [4.69, 9.17) is 5.11 Å². The molecule has 0 amide bonds. The van der Waals surface area contributed by atoms with Gasteiger partial charge in [-0.15, -0.1) is 11.8 Å². The van der Waals surface area contributed by atoms with E-state index in [0.29, 0.717) is 5.25 Å². The van der Waals surface area contributed by atoms with Gasteiger partial charge in [0.15, 0.2) is 0 Å². The molecule has 0 radical (unpaired) electrons. The van der Waals surface area contributed by atoms with E-state index in [0.717, 1.165) is 12.0 Å². The normalized spacial score (nSPS) is 19.4. The molecule has 1 nitrogen and oxygen atoms in total. The maximum Gasteiger partial charge on any atom is 0.0681 e. The van der Waals surface area contributed by atoms with Gasteiger partial charge >= 0.3 is 0 Å². The molecule has 0 bridgehead atoms. The first kappa shape index (κ1) is 10.5. The summed E-state index contributed by atoms with van der Waals surface area (Å²) in [6, 6.07) is 8.10. The molecule has 1 unspecified atom stereocenters. The molecule has 1 atom stereocenters. The van der Waals surface area contributed by atoms with Gasteiger partial charge in [-0.1, -0.05) is 36.4 Å². The molecule has 0 saturated carbocycles. The topological polar surface area (TPSA) is 20.2 Å². The number of benzene rings is 1. The van der Waals surface area contributed by atoms with Gasteiger partial charge in [-0.25, -0.2) is 0 Å². The van der Waals surface area contributed by atoms with Crippen molar-refractivity contribution in [1.29, 1.82) is 0 Å². The lowest BCUT2D eigenvalue weighted by molar-refractivity contribution is 0.282. The van der Waals surface area contributed by atoms with Crippen LogP contribution in [0.1, 0.15) is 12.0 Å². The van der Waals surface area contributed by atoms with Crippen molar-refractivity contribution in [3.8, 4) is 0 Å². The lowest BCUT2D eigenvalue weighted by Gasteiger charge is -2.12. The van der Waals surface area contributed by atoms with Crippen LogP contribution in [0.2, 0.25) is 0 Å². The van der Waals surface area contributed by atoms with Gasteiger partial charge in [0, 0.05) is 10.1 Å². The van der Waals surface area contributed by atoms with Crippen LogP contribution in [0.25, 0.3) is 0 Å². The summed E-state index contributed by atoms with van der Waals surface area (Å²) in [5.41, 5.74) is 0.971. The molecule has 0 fully saturated rings. The Hall–Kier alpha value is -0.990. The Morgan fingerprint density at radius 3 is 2.60 bits per heavy atom. The predicted molar refractivity (Wildman–Crippen MR) is 64.9 cm³/mol. The van der Waals surface area contributed by atoms with E-state index in [9.17, 15) is 0 Å². The summed E-state index contributed by atoms with van der Waals surface area (Å²) in [7, 11) is 0. The van der Waals surface area contributed by atoms with Gasteiger partial charge < -0.3 is 5.11 Å². The smallest absolute Gasteiger partial charge is 0.0681 e. The highest BCUT2D eigenvalue weighted by atomic mass is 32.2. The van der Waals surface area contributed by atoms with Crippen LogP contribution >= 0.6 is 11.8 Å². The fourth-order valence-corrected chi connectivity index (χ4v) is 2.51. The number of hydrogen-bond acceptors (Lipinski definition) is 2. The van der Waals surface area contributed by atoms with Crippen LogP contribution < -0.4 is 0 Å². The first-order chi connectivity index (χ1) is 7.38. The van der Waals surface area contributed by atoms with Gasteiger partial charge in [0.2, 0.25) is 0 Å². The zero-order valence-electron chi connectivity index (χ0n) is 8.47. The van der Waals surface area contributed by atoms with Gasteiger partial charge in [0.25, 0.3) is 0 Å². The lowest BCUT2D eigenvalue weighted by atomic mass is 10.2. The Balaban J connectivity index is 1.98. The molecule has 1 aliphatic rings. The van der Waals surface area contributed by atoms with Crippen LogP contribution in [0.15, 0.2) is 53.5 Å². The molecular weight excluding hydrogens is 204 g/mol. The minimum Gasteiger partial charge on any atom is -0.392 e. The van der Waals surface area contributed by atoms with Crippen LogP contribution in [0, 0.1) is 0 Å². The van der Waals surface area contributed by atoms with Crippen LogP contribution in [0.4, 0.5) is 0 Å². The first-order valence-electron chi connectivity index (χ1n) is 5.08. The summed E-state index contributed by atoms with van der Waals surface area (Å²) in [5.74, 6) is 0. The van der Waals surface area contributed by atoms with Crippen LogP contribution in [-0.4, -0.2) is 10.4 Å². The summed E-state index contributed by atoms with van der Waals surface area (Å²) in [6.07, 6.45) is 9.71. The second-order valence-electron chi connectivity index (χ2n) is 3.51. The SMILES string of the molecule is OCc1ccc(SC2C=CC=CC2)cc1. The van der Waals surface area contributed by atoms with E-state index in [1.165, 1.54) is 4.90 Å². The highest BCUT2D eigenvalue weighted by molar-refractivity contribution is 8.00. The second kappa shape index (κ2) is 5.19. The van der Waals surface area contributed by atoms with Gasteiger partial charge in [0.05, 0.1) is 6.61 Å². The molecule has 0 aliphatic heterocycles. The molecule has 15 heavy (non-hydrogen) atoms. The van der Waals surface area contributed by atoms with Crippen molar-refractivity contribution < 1.29 is 5.11 Å². The Kier molecular flexibility index (Phi) is 3.64. The number of hydrogen-bond donors (Lipinski definition) is 1. The molecule has 1 aliphatic carbocycles. The van der Waals surface area contributed by atoms with E-state index in [2.05, 4.69) is 36.4 Å². The van der Waals surface area contributed by atoms with Crippen molar-refractivity contribution in [2.24, 2.45) is 0 Å². The summed E-state index contributed by atoms with van der Waals surface area (Å²) in [5, 5.41) is 9.47. The number of aliphatic hydroxyl groups excluding tert-OH is 1. The number of thioether (sulfide) groups is 1. The summed E-state index contributed by atoms with van der Waals surface area (Å²) < 4.78 is 0. The van der Waals surface area contributed by atoms with E-state index in [1.54, 1.807) is 0 Å². The number of aliphatic hydroxyl groups is 1. The number of rotatable bonds is 3. The Bertz CT molecular complexity index is 365. The average Bonchev–Trinajstić information content (AvgIpc) is 2.31.